The minimum atomic E-state index is 0.483. The van der Waals surface area contributed by atoms with Crippen molar-refractivity contribution in [3.8, 4) is 6.07 Å². The van der Waals surface area contributed by atoms with Gasteiger partial charge in [-0.25, -0.2) is 0 Å². The monoisotopic (exact) mass is 181 g/mol. The van der Waals surface area contributed by atoms with Crippen LogP contribution in [0.25, 0.3) is 12.2 Å². The topological polar surface area (TPSA) is 23.8 Å². The van der Waals surface area contributed by atoms with Crippen LogP contribution < -0.4 is 0 Å². The third kappa shape index (κ3) is 1.60. The Bertz CT molecular complexity index is 433. The molecule has 1 aliphatic carbocycles. The maximum absolute atomic E-state index is 8.42. The van der Waals surface area contributed by atoms with Crippen molar-refractivity contribution in [2.24, 2.45) is 0 Å². The maximum atomic E-state index is 8.42. The fraction of sp³-hybridized carbons (Fsp3) is 0.154. The molecule has 1 aromatic carbocycles. The first-order chi connectivity index (χ1) is 6.92. The van der Waals surface area contributed by atoms with Crippen LogP contribution in [-0.2, 0) is 6.42 Å². The van der Waals surface area contributed by atoms with Crippen LogP contribution in [0.1, 0.15) is 23.1 Å². The van der Waals surface area contributed by atoms with E-state index in [4.69, 9.17) is 5.26 Å². The number of hydrogen-bond acceptors (Lipinski definition) is 1. The highest BCUT2D eigenvalue weighted by Crippen LogP contribution is 2.23. The second-order valence-corrected chi connectivity index (χ2v) is 3.29. The first-order valence-corrected chi connectivity index (χ1v) is 4.74. The number of rotatable bonds is 2. The molecule has 0 saturated heterocycles. The zero-order valence-corrected chi connectivity index (χ0v) is 7.90. The Hall–Kier alpha value is -1.81. The lowest BCUT2D eigenvalue weighted by molar-refractivity contribution is 1.29. The molecule has 2 rings (SSSR count). The average Bonchev–Trinajstić information content (AvgIpc) is 2.67. The zero-order valence-electron chi connectivity index (χ0n) is 7.90. The molecule has 0 aromatic heterocycles. The van der Waals surface area contributed by atoms with Gasteiger partial charge in [-0.05, 0) is 23.1 Å². The summed E-state index contributed by atoms with van der Waals surface area (Å²) in [6, 6.07) is 8.38. The van der Waals surface area contributed by atoms with E-state index < -0.39 is 0 Å². The average molecular weight is 181 g/mol. The van der Waals surface area contributed by atoms with Crippen LogP contribution in [0.5, 0.6) is 0 Å². The number of hydrogen-bond donors (Lipinski definition) is 0. The first kappa shape index (κ1) is 8.77. The van der Waals surface area contributed by atoms with E-state index in [1.807, 2.05) is 12.2 Å². The van der Waals surface area contributed by atoms with Gasteiger partial charge < -0.3 is 0 Å². The van der Waals surface area contributed by atoms with Crippen molar-refractivity contribution in [3.63, 3.8) is 0 Å². The van der Waals surface area contributed by atoms with Crippen LogP contribution in [0, 0.1) is 11.3 Å². The third-order valence-corrected chi connectivity index (χ3v) is 2.37. The fourth-order valence-corrected chi connectivity index (χ4v) is 1.71. The van der Waals surface area contributed by atoms with E-state index >= 15 is 0 Å². The van der Waals surface area contributed by atoms with Gasteiger partial charge in [0.2, 0.25) is 0 Å². The molecular formula is C13H11N. The van der Waals surface area contributed by atoms with E-state index in [0.717, 1.165) is 6.42 Å². The van der Waals surface area contributed by atoms with Gasteiger partial charge in [0.05, 0.1) is 12.5 Å². The molecule has 0 spiro atoms. The molecule has 0 atom stereocenters. The highest BCUT2D eigenvalue weighted by atomic mass is 14.2. The summed E-state index contributed by atoms with van der Waals surface area (Å²) < 4.78 is 0. The summed E-state index contributed by atoms with van der Waals surface area (Å²) in [7, 11) is 0. The van der Waals surface area contributed by atoms with Crippen LogP contribution in [0.3, 0.4) is 0 Å². The minimum absolute atomic E-state index is 0.483. The fourth-order valence-electron chi connectivity index (χ4n) is 1.71. The van der Waals surface area contributed by atoms with Crippen molar-refractivity contribution in [3.05, 3.63) is 47.0 Å². The molecule has 0 amide bonds. The number of fused-ring (bicyclic) bond motifs is 1. The zero-order chi connectivity index (χ0) is 9.80. The van der Waals surface area contributed by atoms with Crippen molar-refractivity contribution in [1.29, 1.82) is 5.26 Å². The van der Waals surface area contributed by atoms with Crippen LogP contribution in [-0.4, -0.2) is 0 Å². The Morgan fingerprint density at radius 2 is 2.36 bits per heavy atom. The van der Waals surface area contributed by atoms with Crippen molar-refractivity contribution < 1.29 is 0 Å². The lowest BCUT2D eigenvalue weighted by Crippen LogP contribution is -1.86. The summed E-state index contributed by atoms with van der Waals surface area (Å²) in [5, 5.41) is 8.42. The molecule has 1 heteroatoms. The van der Waals surface area contributed by atoms with Crippen LogP contribution >= 0.6 is 0 Å². The Kier molecular flexibility index (Phi) is 2.46. The van der Waals surface area contributed by atoms with Crippen molar-refractivity contribution in [2.45, 2.75) is 12.8 Å². The standard InChI is InChI=1S/C13H11N/c14-10-2-1-5-11-6-3-7-12-8-4-9-13(11)12/h1,3-8H,2,9H2. The molecule has 0 N–H and O–H groups in total. The molecule has 68 valence electrons. The summed E-state index contributed by atoms with van der Waals surface area (Å²) in [5.41, 5.74) is 3.92. The molecule has 0 radical (unpaired) electrons. The maximum Gasteiger partial charge on any atom is 0.0663 e. The molecule has 0 saturated carbocycles. The third-order valence-electron chi connectivity index (χ3n) is 2.37. The molecule has 0 unspecified atom stereocenters. The smallest absolute Gasteiger partial charge is 0.0663 e. The first-order valence-electron chi connectivity index (χ1n) is 4.74. The van der Waals surface area contributed by atoms with Crippen molar-refractivity contribution in [2.75, 3.05) is 0 Å². The molecule has 0 aliphatic heterocycles. The van der Waals surface area contributed by atoms with Crippen molar-refractivity contribution >= 4 is 12.2 Å². The molecule has 1 aromatic rings. The molecule has 1 aliphatic rings. The Morgan fingerprint density at radius 1 is 1.43 bits per heavy atom. The Labute approximate surface area is 84.0 Å². The lowest BCUT2D eigenvalue weighted by Gasteiger charge is -2.02. The molecule has 0 heterocycles. The molecule has 1 nitrogen and oxygen atoms in total. The van der Waals surface area contributed by atoms with Gasteiger partial charge in [-0.2, -0.15) is 5.26 Å². The summed E-state index contributed by atoms with van der Waals surface area (Å²) in [6.45, 7) is 0. The quantitative estimate of drug-likeness (QED) is 0.687. The Balaban J connectivity index is 2.29. The number of nitriles is 1. The van der Waals surface area contributed by atoms with Gasteiger partial charge >= 0.3 is 0 Å². The van der Waals surface area contributed by atoms with Gasteiger partial charge in [0, 0.05) is 0 Å². The molecule has 0 fully saturated rings. The predicted molar refractivity (Wildman–Crippen MR) is 58.4 cm³/mol. The Morgan fingerprint density at radius 3 is 3.21 bits per heavy atom. The SMILES string of the molecule is N#CCC=Cc1cccc2c1CC=C2. The van der Waals surface area contributed by atoms with Gasteiger partial charge in [0.15, 0.2) is 0 Å². The van der Waals surface area contributed by atoms with E-state index in [1.165, 1.54) is 16.7 Å². The highest BCUT2D eigenvalue weighted by molar-refractivity contribution is 5.68. The van der Waals surface area contributed by atoms with Gasteiger partial charge in [0.25, 0.3) is 0 Å². The lowest BCUT2D eigenvalue weighted by atomic mass is 10.0. The van der Waals surface area contributed by atoms with E-state index in [-0.39, 0.29) is 0 Å². The van der Waals surface area contributed by atoms with Crippen LogP contribution in [0.4, 0.5) is 0 Å². The molecular weight excluding hydrogens is 170 g/mol. The van der Waals surface area contributed by atoms with E-state index in [9.17, 15) is 0 Å². The minimum Gasteiger partial charge on any atom is -0.198 e. The molecule has 0 bridgehead atoms. The summed E-state index contributed by atoms with van der Waals surface area (Å²) >= 11 is 0. The normalized spacial score (nSPS) is 13.1. The number of benzene rings is 1. The van der Waals surface area contributed by atoms with Crippen LogP contribution in [0.15, 0.2) is 30.4 Å². The summed E-state index contributed by atoms with van der Waals surface area (Å²) in [6.07, 6.45) is 9.77. The van der Waals surface area contributed by atoms with Gasteiger partial charge in [-0.3, -0.25) is 0 Å². The van der Waals surface area contributed by atoms with Crippen molar-refractivity contribution in [1.82, 2.24) is 0 Å². The van der Waals surface area contributed by atoms with Gasteiger partial charge in [-0.15, -0.1) is 0 Å². The second kappa shape index (κ2) is 3.93. The van der Waals surface area contributed by atoms with E-state index in [2.05, 4.69) is 36.4 Å². The summed E-state index contributed by atoms with van der Waals surface area (Å²) in [5.74, 6) is 0. The largest absolute Gasteiger partial charge is 0.198 e. The van der Waals surface area contributed by atoms with Gasteiger partial charge in [0.1, 0.15) is 0 Å². The van der Waals surface area contributed by atoms with Gasteiger partial charge in [-0.1, -0.05) is 42.5 Å². The van der Waals surface area contributed by atoms with Crippen LogP contribution in [0.2, 0.25) is 0 Å². The highest BCUT2D eigenvalue weighted by Gasteiger charge is 2.06. The second-order valence-electron chi connectivity index (χ2n) is 3.29. The van der Waals surface area contributed by atoms with E-state index in [0.29, 0.717) is 6.42 Å². The number of allylic oxidation sites excluding steroid dienone is 2. The van der Waals surface area contributed by atoms with E-state index in [1.54, 1.807) is 0 Å². The molecule has 14 heavy (non-hydrogen) atoms. The predicted octanol–water partition coefficient (Wildman–Crippen LogP) is 3.18. The number of nitrogens with zero attached hydrogens (tertiary/aromatic N) is 1. The summed E-state index contributed by atoms with van der Waals surface area (Å²) in [4.78, 5) is 0.